The lowest BCUT2D eigenvalue weighted by Crippen LogP contribution is -2.33. The molecule has 8 nitrogen and oxygen atoms in total. The Bertz CT molecular complexity index is 716. The minimum atomic E-state index is 0.259. The van der Waals surface area contributed by atoms with Gasteiger partial charge in [0.15, 0.2) is 12.0 Å². The third-order valence-corrected chi connectivity index (χ3v) is 3.92. The standard InChI is InChI=1S/C16H20N8/c1-18-15-9-23-16(10-22-15)24-14-5-13(12(17)8-21-14)20-7-11-3-2-4-19-6-11/h5,8-11,19H,2-4,6-7,17H2,(H2,20,21,23,24). The van der Waals surface area contributed by atoms with Gasteiger partial charge in [-0.15, -0.1) is 4.98 Å². The van der Waals surface area contributed by atoms with E-state index < -0.39 is 0 Å². The number of nitrogens with two attached hydrogens (primary N) is 1. The highest BCUT2D eigenvalue weighted by atomic mass is 15.1. The lowest BCUT2D eigenvalue weighted by atomic mass is 10.00. The zero-order chi connectivity index (χ0) is 16.8. The van der Waals surface area contributed by atoms with Crippen LogP contribution >= 0.6 is 0 Å². The second kappa shape index (κ2) is 7.57. The van der Waals surface area contributed by atoms with Gasteiger partial charge < -0.3 is 26.5 Å². The smallest absolute Gasteiger partial charge is 0.288 e. The topological polar surface area (TPSA) is 105 Å². The molecule has 24 heavy (non-hydrogen) atoms. The second-order valence-electron chi connectivity index (χ2n) is 5.75. The first-order chi connectivity index (χ1) is 11.7. The highest BCUT2D eigenvalue weighted by Gasteiger charge is 2.13. The molecule has 3 heterocycles. The first kappa shape index (κ1) is 16.0. The Morgan fingerprint density at radius 2 is 2.12 bits per heavy atom. The molecule has 1 atom stereocenters. The van der Waals surface area contributed by atoms with Crippen LogP contribution in [0.15, 0.2) is 24.7 Å². The molecule has 0 aliphatic carbocycles. The molecule has 2 aromatic rings. The summed E-state index contributed by atoms with van der Waals surface area (Å²) in [5.74, 6) is 2.02. The molecule has 3 rings (SSSR count). The van der Waals surface area contributed by atoms with Gasteiger partial charge in [0, 0.05) is 12.6 Å². The van der Waals surface area contributed by atoms with Gasteiger partial charge in [-0.25, -0.2) is 9.97 Å². The maximum absolute atomic E-state index is 6.88. The van der Waals surface area contributed by atoms with Crippen LogP contribution in [0.5, 0.6) is 0 Å². The Balaban J connectivity index is 1.65. The van der Waals surface area contributed by atoms with Crippen LogP contribution in [0.2, 0.25) is 0 Å². The second-order valence-corrected chi connectivity index (χ2v) is 5.75. The average molecular weight is 324 g/mol. The number of piperidine rings is 1. The molecule has 5 N–H and O–H groups in total. The van der Waals surface area contributed by atoms with Gasteiger partial charge in [0.2, 0.25) is 0 Å². The SMILES string of the molecule is [C-]#[N+]c1cnc(Nc2cc(NCC3CCCNC3)c(N)cn2)cn1. The summed E-state index contributed by atoms with van der Waals surface area (Å²) in [4.78, 5) is 15.6. The van der Waals surface area contributed by atoms with Gasteiger partial charge in [-0.2, -0.15) is 0 Å². The summed E-state index contributed by atoms with van der Waals surface area (Å²) in [7, 11) is 0. The van der Waals surface area contributed by atoms with E-state index in [1.807, 2.05) is 6.07 Å². The van der Waals surface area contributed by atoms with Crippen LogP contribution in [0.25, 0.3) is 4.85 Å². The lowest BCUT2D eigenvalue weighted by molar-refractivity contribution is 0.393. The van der Waals surface area contributed by atoms with Crippen molar-refractivity contribution >= 4 is 28.8 Å². The zero-order valence-corrected chi connectivity index (χ0v) is 13.3. The van der Waals surface area contributed by atoms with Crippen LogP contribution in [0, 0.1) is 12.5 Å². The molecule has 0 bridgehead atoms. The molecule has 2 aromatic heterocycles. The highest BCUT2D eigenvalue weighted by Crippen LogP contribution is 2.23. The van der Waals surface area contributed by atoms with Crippen LogP contribution in [-0.4, -0.2) is 34.6 Å². The van der Waals surface area contributed by atoms with Crippen molar-refractivity contribution in [2.24, 2.45) is 5.92 Å². The number of hydrogen-bond donors (Lipinski definition) is 4. The molecule has 1 saturated heterocycles. The molecule has 0 amide bonds. The number of aromatic nitrogens is 3. The van der Waals surface area contributed by atoms with Crippen molar-refractivity contribution < 1.29 is 0 Å². The summed E-state index contributed by atoms with van der Waals surface area (Å²) in [5, 5.41) is 9.88. The number of nitrogen functional groups attached to an aromatic ring is 1. The van der Waals surface area contributed by atoms with Crippen LogP contribution < -0.4 is 21.7 Å². The molecule has 124 valence electrons. The summed E-state index contributed by atoms with van der Waals surface area (Å²) in [5.41, 5.74) is 7.47. The minimum Gasteiger partial charge on any atom is -0.396 e. The van der Waals surface area contributed by atoms with Crippen molar-refractivity contribution in [1.29, 1.82) is 0 Å². The molecule has 1 unspecified atom stereocenters. The van der Waals surface area contributed by atoms with Crippen molar-refractivity contribution in [3.8, 4) is 0 Å². The number of nitrogens with zero attached hydrogens (tertiary/aromatic N) is 4. The molecule has 0 spiro atoms. The van der Waals surface area contributed by atoms with Crippen LogP contribution in [0.1, 0.15) is 12.8 Å². The third-order valence-electron chi connectivity index (χ3n) is 3.92. The van der Waals surface area contributed by atoms with Crippen LogP contribution in [-0.2, 0) is 0 Å². The molecule has 1 fully saturated rings. The summed E-state index contributed by atoms with van der Waals surface area (Å²) >= 11 is 0. The summed E-state index contributed by atoms with van der Waals surface area (Å²) in [6.07, 6.45) is 6.97. The van der Waals surface area contributed by atoms with Crippen LogP contribution in [0.4, 0.5) is 28.8 Å². The third kappa shape index (κ3) is 4.08. The van der Waals surface area contributed by atoms with Crippen LogP contribution in [0.3, 0.4) is 0 Å². The molecule has 8 heteroatoms. The first-order valence-electron chi connectivity index (χ1n) is 7.91. The summed E-state index contributed by atoms with van der Waals surface area (Å²) < 4.78 is 0. The van der Waals surface area contributed by atoms with E-state index in [2.05, 4.69) is 35.7 Å². The predicted octanol–water partition coefficient (Wildman–Crippen LogP) is 2.16. The van der Waals surface area contributed by atoms with Gasteiger partial charge in [-0.1, -0.05) is 6.57 Å². The Hall–Kier alpha value is -2.92. The van der Waals surface area contributed by atoms with E-state index in [9.17, 15) is 0 Å². The van der Waals surface area contributed by atoms with E-state index in [0.717, 1.165) is 25.3 Å². The fraction of sp³-hybridized carbons (Fsp3) is 0.375. The Morgan fingerprint density at radius 1 is 1.25 bits per heavy atom. The van der Waals surface area contributed by atoms with Gasteiger partial charge in [0.1, 0.15) is 5.82 Å². The van der Waals surface area contributed by atoms with Crippen molar-refractivity contribution in [2.75, 3.05) is 36.0 Å². The number of anilines is 4. The highest BCUT2D eigenvalue weighted by molar-refractivity contribution is 5.70. The number of rotatable bonds is 5. The first-order valence-corrected chi connectivity index (χ1v) is 7.91. The van der Waals surface area contributed by atoms with E-state index >= 15 is 0 Å². The van der Waals surface area contributed by atoms with Crippen molar-refractivity contribution in [2.45, 2.75) is 12.8 Å². The van der Waals surface area contributed by atoms with E-state index in [4.69, 9.17) is 12.3 Å². The summed E-state index contributed by atoms with van der Waals surface area (Å²) in [6, 6.07) is 1.86. The summed E-state index contributed by atoms with van der Waals surface area (Å²) in [6.45, 7) is 9.90. The Morgan fingerprint density at radius 3 is 2.83 bits per heavy atom. The minimum absolute atomic E-state index is 0.259. The molecular formula is C16H20N8. The maximum Gasteiger partial charge on any atom is 0.288 e. The number of nitrogens with one attached hydrogen (secondary N) is 3. The zero-order valence-electron chi connectivity index (χ0n) is 13.3. The monoisotopic (exact) mass is 324 g/mol. The van der Waals surface area contributed by atoms with Crippen molar-refractivity contribution in [3.05, 3.63) is 36.1 Å². The average Bonchev–Trinajstić information content (AvgIpc) is 2.63. The number of pyridine rings is 1. The normalized spacial score (nSPS) is 17.0. The van der Waals surface area contributed by atoms with Gasteiger partial charge in [0.05, 0.1) is 23.8 Å². The molecule has 0 saturated carbocycles. The fourth-order valence-electron chi connectivity index (χ4n) is 2.61. The van der Waals surface area contributed by atoms with Gasteiger partial charge in [-0.3, -0.25) is 0 Å². The molecule has 1 aliphatic rings. The van der Waals surface area contributed by atoms with E-state index in [0.29, 0.717) is 23.2 Å². The Kier molecular flexibility index (Phi) is 5.03. The lowest BCUT2D eigenvalue weighted by Gasteiger charge is -2.23. The van der Waals surface area contributed by atoms with Gasteiger partial charge in [0.25, 0.3) is 5.82 Å². The molecule has 0 radical (unpaired) electrons. The quantitative estimate of drug-likeness (QED) is 0.625. The largest absolute Gasteiger partial charge is 0.396 e. The van der Waals surface area contributed by atoms with Gasteiger partial charge in [-0.05, 0) is 31.8 Å². The van der Waals surface area contributed by atoms with Crippen molar-refractivity contribution in [3.63, 3.8) is 0 Å². The molecule has 0 aromatic carbocycles. The van der Waals surface area contributed by atoms with E-state index in [1.54, 1.807) is 6.20 Å². The fourth-order valence-corrected chi connectivity index (χ4v) is 2.61. The molecular weight excluding hydrogens is 304 g/mol. The maximum atomic E-state index is 6.88. The van der Waals surface area contributed by atoms with Crippen molar-refractivity contribution in [1.82, 2.24) is 20.3 Å². The predicted molar refractivity (Wildman–Crippen MR) is 94.3 cm³/mol. The Labute approximate surface area is 140 Å². The van der Waals surface area contributed by atoms with Gasteiger partial charge >= 0.3 is 0 Å². The number of hydrogen-bond acceptors (Lipinski definition) is 7. The van der Waals surface area contributed by atoms with E-state index in [1.165, 1.54) is 25.2 Å². The van der Waals surface area contributed by atoms with E-state index in [-0.39, 0.29) is 5.82 Å². The molecule has 1 aliphatic heterocycles.